The molecule has 102 valence electrons. The maximum absolute atomic E-state index is 8.96. The van der Waals surface area contributed by atoms with Crippen LogP contribution in [0.25, 0.3) is 0 Å². The Kier molecular flexibility index (Phi) is 4.95. The highest BCUT2D eigenvalue weighted by molar-refractivity contribution is 5.32. The molecule has 0 radical (unpaired) electrons. The Morgan fingerprint density at radius 3 is 2.95 bits per heavy atom. The molecular formula is C16H23N3. The molecule has 1 aliphatic heterocycles. The van der Waals surface area contributed by atoms with Crippen molar-refractivity contribution in [3.05, 3.63) is 35.4 Å². The Hall–Kier alpha value is -1.37. The van der Waals surface area contributed by atoms with E-state index in [2.05, 4.69) is 36.2 Å². The molecule has 0 aromatic heterocycles. The number of nitrogens with one attached hydrogen (secondary N) is 1. The molecule has 1 heterocycles. The predicted octanol–water partition coefficient (Wildman–Crippen LogP) is 2.52. The number of hydrogen-bond acceptors (Lipinski definition) is 3. The highest BCUT2D eigenvalue weighted by atomic mass is 15.2. The van der Waals surface area contributed by atoms with E-state index in [-0.39, 0.29) is 0 Å². The lowest BCUT2D eigenvalue weighted by atomic mass is 10.1. The Morgan fingerprint density at radius 1 is 1.47 bits per heavy atom. The molecule has 0 amide bonds. The Morgan fingerprint density at radius 2 is 2.32 bits per heavy atom. The van der Waals surface area contributed by atoms with Gasteiger partial charge in [-0.05, 0) is 50.9 Å². The van der Waals surface area contributed by atoms with Gasteiger partial charge in [-0.2, -0.15) is 5.26 Å². The van der Waals surface area contributed by atoms with Crippen LogP contribution in [0.5, 0.6) is 0 Å². The van der Waals surface area contributed by atoms with E-state index in [0.717, 1.165) is 25.2 Å². The van der Waals surface area contributed by atoms with E-state index in [4.69, 9.17) is 5.26 Å². The van der Waals surface area contributed by atoms with Crippen LogP contribution in [-0.2, 0) is 6.54 Å². The molecule has 0 aliphatic carbocycles. The van der Waals surface area contributed by atoms with Gasteiger partial charge in [-0.15, -0.1) is 0 Å². The lowest BCUT2D eigenvalue weighted by molar-refractivity contribution is 0.194. The van der Waals surface area contributed by atoms with Crippen LogP contribution >= 0.6 is 0 Å². The fourth-order valence-electron chi connectivity index (χ4n) is 2.63. The first kappa shape index (κ1) is 14.0. The monoisotopic (exact) mass is 257 g/mol. The van der Waals surface area contributed by atoms with Crippen molar-refractivity contribution in [3.8, 4) is 6.07 Å². The maximum atomic E-state index is 8.96. The van der Waals surface area contributed by atoms with Crippen molar-refractivity contribution < 1.29 is 0 Å². The number of nitrogens with zero attached hydrogens (tertiary/aromatic N) is 2. The highest BCUT2D eigenvalue weighted by Gasteiger charge is 2.19. The minimum Gasteiger partial charge on any atom is -0.313 e. The molecule has 1 aromatic carbocycles. The Bertz CT molecular complexity index is 442. The van der Waals surface area contributed by atoms with Crippen LogP contribution < -0.4 is 5.32 Å². The third-order valence-corrected chi connectivity index (χ3v) is 3.79. The molecule has 1 atom stereocenters. The highest BCUT2D eigenvalue weighted by Crippen LogP contribution is 2.14. The summed E-state index contributed by atoms with van der Waals surface area (Å²) in [5, 5.41) is 12.5. The summed E-state index contributed by atoms with van der Waals surface area (Å²) in [7, 11) is 0. The Balaban J connectivity index is 2.01. The smallest absolute Gasteiger partial charge is 0.0991 e. The van der Waals surface area contributed by atoms with Gasteiger partial charge in [0, 0.05) is 25.2 Å². The van der Waals surface area contributed by atoms with Crippen molar-refractivity contribution in [2.45, 2.75) is 45.3 Å². The predicted molar refractivity (Wildman–Crippen MR) is 77.7 cm³/mol. The first-order valence-corrected chi connectivity index (χ1v) is 7.15. The fraction of sp³-hybridized carbons (Fsp3) is 0.562. The molecule has 3 nitrogen and oxygen atoms in total. The molecule has 19 heavy (non-hydrogen) atoms. The third kappa shape index (κ3) is 4.05. The molecule has 1 aromatic rings. The van der Waals surface area contributed by atoms with Gasteiger partial charge < -0.3 is 5.32 Å². The minimum atomic E-state index is 0.521. The van der Waals surface area contributed by atoms with Gasteiger partial charge in [0.25, 0.3) is 0 Å². The molecule has 1 saturated heterocycles. The summed E-state index contributed by atoms with van der Waals surface area (Å²) in [5.41, 5.74) is 1.98. The van der Waals surface area contributed by atoms with Gasteiger partial charge >= 0.3 is 0 Å². The largest absolute Gasteiger partial charge is 0.313 e. The molecule has 1 unspecified atom stereocenters. The van der Waals surface area contributed by atoms with Gasteiger partial charge in [-0.1, -0.05) is 12.1 Å². The first-order valence-electron chi connectivity index (χ1n) is 7.15. The molecule has 0 spiro atoms. The summed E-state index contributed by atoms with van der Waals surface area (Å²) in [6.45, 7) is 7.65. The van der Waals surface area contributed by atoms with Crippen LogP contribution in [0, 0.1) is 11.3 Å². The quantitative estimate of drug-likeness (QED) is 0.881. The number of benzene rings is 1. The second-order valence-electron chi connectivity index (χ2n) is 5.63. The summed E-state index contributed by atoms with van der Waals surface area (Å²) in [5.74, 6) is 0. The lowest BCUT2D eigenvalue weighted by Crippen LogP contribution is -2.40. The second kappa shape index (κ2) is 6.70. The van der Waals surface area contributed by atoms with Crippen molar-refractivity contribution in [2.24, 2.45) is 0 Å². The van der Waals surface area contributed by atoms with E-state index in [0.29, 0.717) is 12.1 Å². The van der Waals surface area contributed by atoms with Gasteiger partial charge in [-0.25, -0.2) is 0 Å². The summed E-state index contributed by atoms with van der Waals surface area (Å²) in [6, 6.07) is 11.3. The van der Waals surface area contributed by atoms with Crippen LogP contribution in [0.2, 0.25) is 0 Å². The average molecular weight is 257 g/mol. The van der Waals surface area contributed by atoms with Crippen molar-refractivity contribution in [2.75, 3.05) is 13.1 Å². The lowest BCUT2D eigenvalue weighted by Gasteiger charge is -2.29. The molecule has 1 N–H and O–H groups in total. The van der Waals surface area contributed by atoms with E-state index >= 15 is 0 Å². The molecule has 3 heteroatoms. The van der Waals surface area contributed by atoms with Crippen LogP contribution in [0.4, 0.5) is 0 Å². The number of rotatable bonds is 5. The third-order valence-electron chi connectivity index (χ3n) is 3.79. The van der Waals surface area contributed by atoms with Gasteiger partial charge in [0.05, 0.1) is 11.6 Å². The van der Waals surface area contributed by atoms with Gasteiger partial charge in [0.2, 0.25) is 0 Å². The van der Waals surface area contributed by atoms with E-state index in [1.165, 1.54) is 18.4 Å². The van der Waals surface area contributed by atoms with Crippen molar-refractivity contribution in [3.63, 3.8) is 0 Å². The molecule has 0 saturated carbocycles. The molecular weight excluding hydrogens is 234 g/mol. The number of hydrogen-bond donors (Lipinski definition) is 1. The van der Waals surface area contributed by atoms with Crippen LogP contribution in [0.15, 0.2) is 24.3 Å². The zero-order valence-corrected chi connectivity index (χ0v) is 11.9. The van der Waals surface area contributed by atoms with Crippen molar-refractivity contribution in [1.82, 2.24) is 10.2 Å². The summed E-state index contributed by atoms with van der Waals surface area (Å²) < 4.78 is 0. The maximum Gasteiger partial charge on any atom is 0.0991 e. The molecule has 1 aliphatic rings. The second-order valence-corrected chi connectivity index (χ2v) is 5.63. The first-order chi connectivity index (χ1) is 9.19. The van der Waals surface area contributed by atoms with E-state index < -0.39 is 0 Å². The van der Waals surface area contributed by atoms with Crippen LogP contribution in [-0.4, -0.2) is 30.1 Å². The number of nitriles is 1. The topological polar surface area (TPSA) is 39.1 Å². The summed E-state index contributed by atoms with van der Waals surface area (Å²) in [4.78, 5) is 2.49. The molecule has 0 bridgehead atoms. The van der Waals surface area contributed by atoms with Crippen LogP contribution in [0.3, 0.4) is 0 Å². The zero-order chi connectivity index (χ0) is 13.7. The normalized spacial score (nSPS) is 19.0. The van der Waals surface area contributed by atoms with E-state index in [1.807, 2.05) is 18.2 Å². The summed E-state index contributed by atoms with van der Waals surface area (Å²) in [6.07, 6.45) is 2.57. The van der Waals surface area contributed by atoms with E-state index in [1.54, 1.807) is 0 Å². The van der Waals surface area contributed by atoms with Crippen molar-refractivity contribution in [1.29, 1.82) is 5.26 Å². The van der Waals surface area contributed by atoms with Gasteiger partial charge in [0.1, 0.15) is 0 Å². The molecule has 1 fully saturated rings. The summed E-state index contributed by atoms with van der Waals surface area (Å²) >= 11 is 0. The standard InChI is InChI=1S/C16H23N3/c1-13(2)19(12-16-7-4-8-18-16)11-15-6-3-5-14(9-15)10-17/h3,5-6,9,13,16,18H,4,7-8,11-12H2,1-2H3. The van der Waals surface area contributed by atoms with Crippen LogP contribution in [0.1, 0.15) is 37.8 Å². The van der Waals surface area contributed by atoms with E-state index in [9.17, 15) is 0 Å². The zero-order valence-electron chi connectivity index (χ0n) is 11.9. The average Bonchev–Trinajstić information content (AvgIpc) is 2.91. The van der Waals surface area contributed by atoms with Gasteiger partial charge in [0.15, 0.2) is 0 Å². The van der Waals surface area contributed by atoms with Gasteiger partial charge in [-0.3, -0.25) is 4.90 Å². The van der Waals surface area contributed by atoms with Crippen molar-refractivity contribution >= 4 is 0 Å². The SMILES string of the molecule is CC(C)N(Cc1cccc(C#N)c1)CC1CCCN1. The molecule has 2 rings (SSSR count). The fourth-order valence-corrected chi connectivity index (χ4v) is 2.63. The minimum absolute atomic E-state index is 0.521. The Labute approximate surface area is 116 Å².